The standard InChI is InChI=1S/C12H19O6/c1-11(2)14-5-6(16-11)7-8-9(10(13)15-7)18-12(3,4)17-8/h6-10H,5H2,1-4H3/q-1/t6-,7-,8+,9+,10+/m1/s1. The van der Waals surface area contributed by atoms with E-state index in [9.17, 15) is 5.11 Å². The van der Waals surface area contributed by atoms with E-state index >= 15 is 0 Å². The highest BCUT2D eigenvalue weighted by molar-refractivity contribution is 4.98. The summed E-state index contributed by atoms with van der Waals surface area (Å²) in [5, 5.41) is 11.8. The molecule has 18 heavy (non-hydrogen) atoms. The maximum Gasteiger partial charge on any atom is 0.163 e. The van der Waals surface area contributed by atoms with E-state index in [2.05, 4.69) is 0 Å². The molecule has 3 aliphatic heterocycles. The molecule has 0 aromatic carbocycles. The Labute approximate surface area is 106 Å². The van der Waals surface area contributed by atoms with Crippen LogP contribution >= 0.6 is 0 Å². The third-order valence-electron chi connectivity index (χ3n) is 3.44. The number of ether oxygens (including phenoxy) is 5. The molecule has 0 radical (unpaired) electrons. The summed E-state index contributed by atoms with van der Waals surface area (Å²) in [7, 11) is 0. The van der Waals surface area contributed by atoms with Crippen molar-refractivity contribution in [2.45, 2.75) is 70.0 Å². The Morgan fingerprint density at radius 2 is 1.56 bits per heavy atom. The van der Waals surface area contributed by atoms with Gasteiger partial charge in [0.25, 0.3) is 0 Å². The highest BCUT2D eigenvalue weighted by Crippen LogP contribution is 2.40. The molecular weight excluding hydrogens is 240 g/mol. The maximum atomic E-state index is 11.8. The Hall–Kier alpha value is -0.240. The molecule has 6 heteroatoms. The van der Waals surface area contributed by atoms with Crippen molar-refractivity contribution >= 4 is 0 Å². The van der Waals surface area contributed by atoms with Crippen molar-refractivity contribution in [2.75, 3.05) is 6.61 Å². The lowest BCUT2D eigenvalue weighted by Crippen LogP contribution is -2.40. The zero-order valence-corrected chi connectivity index (χ0v) is 11.0. The van der Waals surface area contributed by atoms with Crippen molar-refractivity contribution in [3.63, 3.8) is 0 Å². The van der Waals surface area contributed by atoms with Crippen LogP contribution in [0.4, 0.5) is 0 Å². The zero-order valence-electron chi connectivity index (χ0n) is 11.0. The third kappa shape index (κ3) is 2.07. The quantitative estimate of drug-likeness (QED) is 0.646. The summed E-state index contributed by atoms with van der Waals surface area (Å²) in [6, 6.07) is 0. The van der Waals surface area contributed by atoms with Gasteiger partial charge in [0.2, 0.25) is 0 Å². The van der Waals surface area contributed by atoms with Crippen LogP contribution in [-0.4, -0.2) is 48.9 Å². The molecule has 3 aliphatic rings. The van der Waals surface area contributed by atoms with Gasteiger partial charge in [-0.15, -0.1) is 0 Å². The fraction of sp³-hybridized carbons (Fsp3) is 1.00. The van der Waals surface area contributed by atoms with Crippen LogP contribution < -0.4 is 5.11 Å². The second-order valence-corrected chi connectivity index (χ2v) is 5.90. The lowest BCUT2D eigenvalue weighted by molar-refractivity contribution is -0.503. The van der Waals surface area contributed by atoms with Crippen molar-refractivity contribution in [2.24, 2.45) is 0 Å². The van der Waals surface area contributed by atoms with Gasteiger partial charge in [0.05, 0.1) is 6.61 Å². The van der Waals surface area contributed by atoms with Gasteiger partial charge in [-0.05, 0) is 27.7 Å². The van der Waals surface area contributed by atoms with Crippen LogP contribution in [0.25, 0.3) is 0 Å². The second-order valence-electron chi connectivity index (χ2n) is 5.90. The van der Waals surface area contributed by atoms with E-state index in [1.807, 2.05) is 13.8 Å². The predicted octanol–water partition coefficient (Wildman–Crippen LogP) is -0.257. The molecule has 0 spiro atoms. The van der Waals surface area contributed by atoms with E-state index in [-0.39, 0.29) is 12.2 Å². The SMILES string of the molecule is CC1(C)O[C@@H]2[C@H](O1)[C@@H]([O-])O[C@@H]2[C@H]1COC(C)(C)O1. The molecule has 3 fully saturated rings. The molecule has 3 saturated heterocycles. The molecule has 0 aliphatic carbocycles. The molecule has 0 unspecified atom stereocenters. The molecule has 0 bridgehead atoms. The first-order valence-corrected chi connectivity index (χ1v) is 6.26. The number of fused-ring (bicyclic) bond motifs is 1. The molecule has 0 aromatic rings. The van der Waals surface area contributed by atoms with Gasteiger partial charge in [0.1, 0.15) is 24.4 Å². The number of rotatable bonds is 1. The summed E-state index contributed by atoms with van der Waals surface area (Å²) in [6.07, 6.45) is -2.90. The van der Waals surface area contributed by atoms with Gasteiger partial charge in [-0.25, -0.2) is 0 Å². The van der Waals surface area contributed by atoms with Crippen LogP contribution in [0, 0.1) is 0 Å². The molecule has 0 saturated carbocycles. The average Bonchev–Trinajstić information content (AvgIpc) is 2.81. The van der Waals surface area contributed by atoms with Crippen molar-refractivity contribution in [3.05, 3.63) is 0 Å². The first-order valence-electron chi connectivity index (χ1n) is 6.26. The van der Waals surface area contributed by atoms with Crippen LogP contribution in [0.15, 0.2) is 0 Å². The molecule has 3 rings (SSSR count). The van der Waals surface area contributed by atoms with Gasteiger partial charge in [-0.1, -0.05) is 0 Å². The van der Waals surface area contributed by atoms with Crippen LogP contribution in [0.5, 0.6) is 0 Å². The van der Waals surface area contributed by atoms with Gasteiger partial charge >= 0.3 is 0 Å². The Bertz CT molecular complexity index is 341. The Morgan fingerprint density at radius 3 is 2.17 bits per heavy atom. The molecule has 0 amide bonds. The average molecular weight is 259 g/mol. The number of hydrogen-bond donors (Lipinski definition) is 0. The van der Waals surface area contributed by atoms with Gasteiger partial charge < -0.3 is 28.8 Å². The summed E-state index contributed by atoms with van der Waals surface area (Å²) in [5.41, 5.74) is 0. The fourth-order valence-corrected chi connectivity index (χ4v) is 2.77. The topological polar surface area (TPSA) is 69.2 Å². The summed E-state index contributed by atoms with van der Waals surface area (Å²) < 4.78 is 27.9. The lowest BCUT2D eigenvalue weighted by atomic mass is 10.1. The van der Waals surface area contributed by atoms with E-state index in [1.54, 1.807) is 13.8 Å². The first kappa shape index (κ1) is 12.8. The van der Waals surface area contributed by atoms with Crippen LogP contribution in [-0.2, 0) is 23.7 Å². The van der Waals surface area contributed by atoms with Crippen LogP contribution in [0.1, 0.15) is 27.7 Å². The molecular formula is C12H19O6-. The van der Waals surface area contributed by atoms with Gasteiger partial charge in [-0.3, -0.25) is 0 Å². The summed E-state index contributed by atoms with van der Waals surface area (Å²) >= 11 is 0. The smallest absolute Gasteiger partial charge is 0.163 e. The molecule has 0 aromatic heterocycles. The number of hydrogen-bond acceptors (Lipinski definition) is 6. The van der Waals surface area contributed by atoms with E-state index in [0.717, 1.165) is 0 Å². The summed E-state index contributed by atoms with van der Waals surface area (Å²) in [6.45, 7) is 7.67. The van der Waals surface area contributed by atoms with Crippen molar-refractivity contribution in [1.29, 1.82) is 0 Å². The van der Waals surface area contributed by atoms with Gasteiger partial charge in [-0.2, -0.15) is 0 Å². The molecule has 0 N–H and O–H groups in total. The normalized spacial score (nSPS) is 49.5. The third-order valence-corrected chi connectivity index (χ3v) is 3.44. The van der Waals surface area contributed by atoms with E-state index < -0.39 is 30.1 Å². The zero-order chi connectivity index (χ0) is 13.1. The molecule has 5 atom stereocenters. The first-order chi connectivity index (χ1) is 8.27. The monoisotopic (exact) mass is 259 g/mol. The van der Waals surface area contributed by atoms with E-state index in [0.29, 0.717) is 6.61 Å². The molecule has 6 nitrogen and oxygen atoms in total. The van der Waals surface area contributed by atoms with Gasteiger partial charge in [0.15, 0.2) is 11.6 Å². The minimum atomic E-state index is -1.23. The predicted molar refractivity (Wildman–Crippen MR) is 57.4 cm³/mol. The van der Waals surface area contributed by atoms with Crippen molar-refractivity contribution < 1.29 is 28.8 Å². The lowest BCUT2D eigenvalue weighted by Gasteiger charge is -2.28. The van der Waals surface area contributed by atoms with E-state index in [1.165, 1.54) is 0 Å². The highest BCUT2D eigenvalue weighted by atomic mass is 16.8. The summed E-state index contributed by atoms with van der Waals surface area (Å²) in [5.74, 6) is -1.38. The Morgan fingerprint density at radius 1 is 0.889 bits per heavy atom. The van der Waals surface area contributed by atoms with E-state index in [4.69, 9.17) is 23.7 Å². The fourth-order valence-electron chi connectivity index (χ4n) is 2.77. The van der Waals surface area contributed by atoms with Crippen molar-refractivity contribution in [3.8, 4) is 0 Å². The van der Waals surface area contributed by atoms with Crippen LogP contribution in [0.3, 0.4) is 0 Å². The summed E-state index contributed by atoms with van der Waals surface area (Å²) in [4.78, 5) is 0. The highest BCUT2D eigenvalue weighted by Gasteiger charge is 2.55. The van der Waals surface area contributed by atoms with Gasteiger partial charge in [0, 0.05) is 6.29 Å². The van der Waals surface area contributed by atoms with Crippen molar-refractivity contribution in [1.82, 2.24) is 0 Å². The maximum absolute atomic E-state index is 11.8. The Balaban J connectivity index is 1.75. The molecule has 104 valence electrons. The van der Waals surface area contributed by atoms with Crippen LogP contribution in [0.2, 0.25) is 0 Å². The Kier molecular flexibility index (Phi) is 2.75. The molecule has 3 heterocycles. The minimum Gasteiger partial charge on any atom is -0.829 e. The second kappa shape index (κ2) is 3.88. The largest absolute Gasteiger partial charge is 0.829 e. The minimum absolute atomic E-state index is 0.288.